The summed E-state index contributed by atoms with van der Waals surface area (Å²) in [5.74, 6) is -0.168. The second-order valence-electron chi connectivity index (χ2n) is 9.37. The number of carbonyl (C=O) groups is 1. The van der Waals surface area contributed by atoms with Gasteiger partial charge in [-0.3, -0.25) is 18.7 Å². The molecule has 33 heavy (non-hydrogen) atoms. The van der Waals surface area contributed by atoms with E-state index in [0.717, 1.165) is 15.8 Å². The van der Waals surface area contributed by atoms with Crippen molar-refractivity contribution in [1.82, 2.24) is 13.7 Å². The third-order valence-electron chi connectivity index (χ3n) is 5.91. The van der Waals surface area contributed by atoms with Crippen molar-refractivity contribution in [2.24, 2.45) is 14.1 Å². The molecule has 2 aromatic heterocycles. The van der Waals surface area contributed by atoms with Gasteiger partial charge in [0.1, 0.15) is 0 Å². The quantitative estimate of drug-likeness (QED) is 0.520. The Morgan fingerprint density at radius 3 is 2.21 bits per heavy atom. The third kappa shape index (κ3) is 3.91. The lowest BCUT2D eigenvalue weighted by atomic mass is 9.86. The Balaban J connectivity index is 2.07. The second kappa shape index (κ2) is 7.92. The zero-order chi connectivity index (χ0) is 24.1. The van der Waals surface area contributed by atoms with Crippen molar-refractivity contribution in [2.75, 3.05) is 5.32 Å². The van der Waals surface area contributed by atoms with Crippen molar-refractivity contribution in [3.63, 3.8) is 0 Å². The highest BCUT2D eigenvalue weighted by molar-refractivity contribution is 5.95. The predicted octanol–water partition coefficient (Wildman–Crippen LogP) is 3.95. The molecular formula is C26H28N4O3. The maximum Gasteiger partial charge on any atom is 0.330 e. The summed E-state index contributed by atoms with van der Waals surface area (Å²) in [6.07, 6.45) is 1.80. The maximum absolute atomic E-state index is 13.3. The van der Waals surface area contributed by atoms with E-state index in [2.05, 4.69) is 38.2 Å². The summed E-state index contributed by atoms with van der Waals surface area (Å²) < 4.78 is 4.52. The van der Waals surface area contributed by atoms with Crippen LogP contribution < -0.4 is 16.6 Å². The fourth-order valence-electron chi connectivity index (χ4n) is 4.09. The van der Waals surface area contributed by atoms with Crippen LogP contribution in [0.4, 0.5) is 5.69 Å². The van der Waals surface area contributed by atoms with Gasteiger partial charge in [0.15, 0.2) is 0 Å². The molecule has 0 saturated heterocycles. The van der Waals surface area contributed by atoms with Crippen molar-refractivity contribution < 1.29 is 4.79 Å². The van der Waals surface area contributed by atoms with E-state index in [0.29, 0.717) is 22.3 Å². The first kappa shape index (κ1) is 22.3. The summed E-state index contributed by atoms with van der Waals surface area (Å²) in [5, 5.41) is 3.27. The van der Waals surface area contributed by atoms with E-state index in [4.69, 9.17) is 0 Å². The Morgan fingerprint density at radius 2 is 1.61 bits per heavy atom. The number of aromatic nitrogens is 3. The average molecular weight is 445 g/mol. The Bertz CT molecular complexity index is 1500. The van der Waals surface area contributed by atoms with E-state index in [9.17, 15) is 14.4 Å². The van der Waals surface area contributed by atoms with Crippen LogP contribution in [0.1, 0.15) is 33.3 Å². The van der Waals surface area contributed by atoms with Gasteiger partial charge in [-0.15, -0.1) is 0 Å². The zero-order valence-electron chi connectivity index (χ0n) is 19.8. The molecular weight excluding hydrogens is 416 g/mol. The largest absolute Gasteiger partial charge is 0.330 e. The third-order valence-corrected chi connectivity index (χ3v) is 5.91. The van der Waals surface area contributed by atoms with Crippen LogP contribution in [-0.2, 0) is 24.3 Å². The molecule has 7 nitrogen and oxygen atoms in total. The zero-order valence-corrected chi connectivity index (χ0v) is 19.8. The molecule has 0 spiro atoms. The van der Waals surface area contributed by atoms with Crippen LogP contribution >= 0.6 is 0 Å². The smallest absolute Gasteiger partial charge is 0.326 e. The van der Waals surface area contributed by atoms with Crippen molar-refractivity contribution in [2.45, 2.75) is 33.1 Å². The molecule has 0 atom stereocenters. The molecule has 0 aliphatic rings. The van der Waals surface area contributed by atoms with Crippen LogP contribution in [0.25, 0.3) is 27.8 Å². The fourth-order valence-corrected chi connectivity index (χ4v) is 4.09. The Kier molecular flexibility index (Phi) is 5.36. The molecule has 7 heteroatoms. The first-order valence-electron chi connectivity index (χ1n) is 10.8. The van der Waals surface area contributed by atoms with E-state index in [1.165, 1.54) is 24.1 Å². The molecule has 1 N–H and O–H groups in total. The minimum Gasteiger partial charge on any atom is -0.326 e. The second-order valence-corrected chi connectivity index (χ2v) is 9.37. The number of amides is 1. The molecule has 0 bridgehead atoms. The van der Waals surface area contributed by atoms with E-state index in [-0.39, 0.29) is 22.6 Å². The summed E-state index contributed by atoms with van der Waals surface area (Å²) in [5.41, 5.74) is 3.96. The van der Waals surface area contributed by atoms with Gasteiger partial charge in [-0.05, 0) is 34.7 Å². The molecule has 170 valence electrons. The number of nitrogens with one attached hydrogen (secondary N) is 1. The van der Waals surface area contributed by atoms with Gasteiger partial charge in [0.2, 0.25) is 5.91 Å². The van der Waals surface area contributed by atoms with Crippen molar-refractivity contribution >= 4 is 22.5 Å². The highest BCUT2D eigenvalue weighted by Gasteiger charge is 2.21. The minimum atomic E-state index is -0.383. The summed E-state index contributed by atoms with van der Waals surface area (Å²) in [4.78, 5) is 37.4. The number of rotatable bonds is 3. The first-order chi connectivity index (χ1) is 15.5. The van der Waals surface area contributed by atoms with Gasteiger partial charge in [-0.1, -0.05) is 51.1 Å². The molecule has 0 unspecified atom stereocenters. The summed E-state index contributed by atoms with van der Waals surface area (Å²) >= 11 is 0. The van der Waals surface area contributed by atoms with Crippen LogP contribution in [0.5, 0.6) is 0 Å². The van der Waals surface area contributed by atoms with Gasteiger partial charge < -0.3 is 9.88 Å². The molecule has 0 fully saturated rings. The summed E-state index contributed by atoms with van der Waals surface area (Å²) in [6, 6.07) is 15.5. The maximum atomic E-state index is 13.3. The Morgan fingerprint density at radius 1 is 0.939 bits per heavy atom. The molecule has 0 saturated carbocycles. The molecule has 0 radical (unpaired) electrons. The molecule has 1 amide bonds. The minimum absolute atomic E-state index is 0.00465. The molecule has 2 heterocycles. The van der Waals surface area contributed by atoms with E-state index >= 15 is 0 Å². The predicted molar refractivity (Wildman–Crippen MR) is 132 cm³/mol. The van der Waals surface area contributed by atoms with E-state index in [1.807, 2.05) is 34.9 Å². The van der Waals surface area contributed by atoms with Crippen LogP contribution in [0, 0.1) is 0 Å². The highest BCUT2D eigenvalue weighted by Crippen LogP contribution is 2.33. The normalized spacial score (nSPS) is 11.7. The number of anilines is 1. The van der Waals surface area contributed by atoms with Gasteiger partial charge in [-0.2, -0.15) is 0 Å². The highest BCUT2D eigenvalue weighted by atomic mass is 16.2. The number of hydrogen-bond donors (Lipinski definition) is 1. The molecule has 4 rings (SSSR count). The number of carbonyl (C=O) groups excluding carboxylic acids is 1. The molecule has 0 aliphatic carbocycles. The van der Waals surface area contributed by atoms with Gasteiger partial charge in [0.05, 0.1) is 16.6 Å². The molecule has 2 aromatic carbocycles. The van der Waals surface area contributed by atoms with E-state index in [1.54, 1.807) is 19.3 Å². The van der Waals surface area contributed by atoms with Crippen molar-refractivity contribution in [3.8, 4) is 16.9 Å². The lowest BCUT2D eigenvalue weighted by Gasteiger charge is -2.19. The topological polar surface area (TPSA) is 78.0 Å². The molecule has 4 aromatic rings. The average Bonchev–Trinajstić information content (AvgIpc) is 3.16. The number of hydrogen-bond acceptors (Lipinski definition) is 3. The number of benzene rings is 2. The number of fused-ring (bicyclic) bond motifs is 1. The standard InChI is InChI=1S/C26H28N4O3/c1-16(31)27-19-8-7-9-20(14-19)30-15-21-22(24(32)29(6)25(33)28(21)5)23(30)17-10-12-18(13-11-17)26(2,3)4/h7-15H,1-6H3,(H,27,31). The fraction of sp³-hybridized carbons (Fsp3) is 0.269. The lowest BCUT2D eigenvalue weighted by Crippen LogP contribution is -2.36. The van der Waals surface area contributed by atoms with Crippen molar-refractivity contribution in [3.05, 3.63) is 81.1 Å². The van der Waals surface area contributed by atoms with Crippen LogP contribution in [0.3, 0.4) is 0 Å². The van der Waals surface area contributed by atoms with Crippen LogP contribution in [0.2, 0.25) is 0 Å². The summed E-state index contributed by atoms with van der Waals surface area (Å²) in [7, 11) is 3.15. The summed E-state index contributed by atoms with van der Waals surface area (Å²) in [6.45, 7) is 7.91. The van der Waals surface area contributed by atoms with Gasteiger partial charge in [0, 0.05) is 38.6 Å². The SMILES string of the molecule is CC(=O)Nc1cccc(-n2cc3c(c2-c2ccc(C(C)(C)C)cc2)c(=O)n(C)c(=O)n3C)c1. The van der Waals surface area contributed by atoms with Crippen molar-refractivity contribution in [1.29, 1.82) is 0 Å². The van der Waals surface area contributed by atoms with E-state index < -0.39 is 0 Å². The van der Waals surface area contributed by atoms with Crippen LogP contribution in [-0.4, -0.2) is 19.6 Å². The monoisotopic (exact) mass is 444 g/mol. The number of aryl methyl sites for hydroxylation is 1. The Labute approximate surface area is 191 Å². The number of nitrogens with zero attached hydrogens (tertiary/aromatic N) is 3. The van der Waals surface area contributed by atoms with Gasteiger partial charge >= 0.3 is 5.69 Å². The molecule has 0 aliphatic heterocycles. The Hall–Kier alpha value is -3.87. The van der Waals surface area contributed by atoms with Gasteiger partial charge in [-0.25, -0.2) is 4.79 Å². The van der Waals surface area contributed by atoms with Crippen LogP contribution in [0.15, 0.2) is 64.3 Å². The first-order valence-corrected chi connectivity index (χ1v) is 10.8. The van der Waals surface area contributed by atoms with Gasteiger partial charge in [0.25, 0.3) is 5.56 Å². The lowest BCUT2D eigenvalue weighted by molar-refractivity contribution is -0.114.